The molecule has 0 saturated carbocycles. The van der Waals surface area contributed by atoms with Gasteiger partial charge in [-0.2, -0.15) is 0 Å². The number of benzene rings is 1. The first-order chi connectivity index (χ1) is 9.54. The van der Waals surface area contributed by atoms with Crippen LogP contribution in [-0.4, -0.2) is 42.2 Å². The maximum absolute atomic E-state index is 13.6. The number of primary amides is 1. The largest absolute Gasteiger partial charge is 0.352 e. The van der Waals surface area contributed by atoms with Crippen molar-refractivity contribution in [2.24, 2.45) is 5.73 Å². The standard InChI is InChI=1S/C10H14FN3O5S2/c1-20(16,17)7-2-3-8(11)9(6-7)21(18,19)14-5-4-13-10(12)15/h2-3,6,14H,4-5H2,1H3,(H3,12,13,15). The molecule has 0 unspecified atom stereocenters. The Kier molecular flexibility index (Phi) is 5.25. The minimum absolute atomic E-state index is 0.0953. The van der Waals surface area contributed by atoms with Crippen molar-refractivity contribution in [3.05, 3.63) is 24.0 Å². The third-order valence-electron chi connectivity index (χ3n) is 2.34. The summed E-state index contributed by atoms with van der Waals surface area (Å²) in [7, 11) is -7.92. The molecule has 0 atom stereocenters. The van der Waals surface area contributed by atoms with E-state index in [9.17, 15) is 26.0 Å². The Labute approximate surface area is 121 Å². The van der Waals surface area contributed by atoms with Gasteiger partial charge in [-0.3, -0.25) is 0 Å². The number of halogens is 1. The average Bonchev–Trinajstić information content (AvgIpc) is 2.33. The number of hydrogen-bond acceptors (Lipinski definition) is 5. The van der Waals surface area contributed by atoms with Crippen LogP contribution in [0.25, 0.3) is 0 Å². The third-order valence-corrected chi connectivity index (χ3v) is 4.92. The topological polar surface area (TPSA) is 135 Å². The number of carbonyl (C=O) groups is 1. The highest BCUT2D eigenvalue weighted by molar-refractivity contribution is 7.91. The molecule has 1 aromatic carbocycles. The van der Waals surface area contributed by atoms with E-state index < -0.39 is 36.6 Å². The fourth-order valence-electron chi connectivity index (χ4n) is 1.37. The lowest BCUT2D eigenvalue weighted by atomic mass is 10.3. The van der Waals surface area contributed by atoms with Crippen molar-refractivity contribution in [1.82, 2.24) is 10.0 Å². The van der Waals surface area contributed by atoms with Crippen LogP contribution in [0.2, 0.25) is 0 Å². The lowest BCUT2D eigenvalue weighted by Crippen LogP contribution is -2.37. The molecule has 1 aromatic rings. The van der Waals surface area contributed by atoms with Crippen molar-refractivity contribution in [3.8, 4) is 0 Å². The van der Waals surface area contributed by atoms with Gasteiger partial charge >= 0.3 is 6.03 Å². The van der Waals surface area contributed by atoms with Gasteiger partial charge in [0, 0.05) is 19.3 Å². The molecular formula is C10H14FN3O5S2. The summed E-state index contributed by atoms with van der Waals surface area (Å²) < 4.78 is 62.1. The number of nitrogens with two attached hydrogens (primary N) is 1. The number of carbonyl (C=O) groups excluding carboxylic acids is 1. The van der Waals surface area contributed by atoms with E-state index in [0.717, 1.165) is 24.5 Å². The molecule has 0 heterocycles. The van der Waals surface area contributed by atoms with Crippen LogP contribution >= 0.6 is 0 Å². The van der Waals surface area contributed by atoms with Gasteiger partial charge in [0.15, 0.2) is 9.84 Å². The van der Waals surface area contributed by atoms with Gasteiger partial charge in [0.05, 0.1) is 4.90 Å². The molecule has 0 aliphatic heterocycles. The predicted molar refractivity (Wildman–Crippen MR) is 72.3 cm³/mol. The number of sulfonamides is 1. The fraction of sp³-hybridized carbons (Fsp3) is 0.300. The zero-order chi connectivity index (χ0) is 16.3. The molecule has 11 heteroatoms. The van der Waals surface area contributed by atoms with Crippen LogP contribution in [0.3, 0.4) is 0 Å². The molecule has 4 N–H and O–H groups in total. The molecular weight excluding hydrogens is 325 g/mol. The molecule has 0 aliphatic carbocycles. The van der Waals surface area contributed by atoms with Gasteiger partial charge in [-0.25, -0.2) is 30.7 Å². The third kappa shape index (κ3) is 4.95. The second-order valence-corrected chi connectivity index (χ2v) is 7.80. The second kappa shape index (κ2) is 6.37. The molecule has 21 heavy (non-hydrogen) atoms. The first-order valence-corrected chi connectivity index (χ1v) is 8.94. The summed E-state index contributed by atoms with van der Waals surface area (Å²) in [6.45, 7) is -0.324. The maximum Gasteiger partial charge on any atom is 0.312 e. The summed E-state index contributed by atoms with van der Waals surface area (Å²) in [6.07, 6.45) is 0.876. The number of nitrogens with one attached hydrogen (secondary N) is 2. The van der Waals surface area contributed by atoms with E-state index in [2.05, 4.69) is 5.32 Å². The quantitative estimate of drug-likeness (QED) is 0.459. The van der Waals surface area contributed by atoms with Crippen LogP contribution in [0, 0.1) is 5.82 Å². The molecule has 0 spiro atoms. The highest BCUT2D eigenvalue weighted by atomic mass is 32.2. The molecule has 1 rings (SSSR count). The average molecular weight is 339 g/mol. The Morgan fingerprint density at radius 3 is 2.38 bits per heavy atom. The highest BCUT2D eigenvalue weighted by Gasteiger charge is 2.21. The SMILES string of the molecule is CS(=O)(=O)c1ccc(F)c(S(=O)(=O)NCCNC(N)=O)c1. The molecule has 0 bridgehead atoms. The van der Waals surface area contributed by atoms with Crippen molar-refractivity contribution in [1.29, 1.82) is 0 Å². The first-order valence-electron chi connectivity index (χ1n) is 5.56. The molecule has 0 radical (unpaired) electrons. The number of rotatable bonds is 6. The van der Waals surface area contributed by atoms with Crippen molar-refractivity contribution in [2.45, 2.75) is 9.79 Å². The molecule has 8 nitrogen and oxygen atoms in total. The minimum Gasteiger partial charge on any atom is -0.352 e. The van der Waals surface area contributed by atoms with Crippen molar-refractivity contribution < 1.29 is 26.0 Å². The van der Waals surface area contributed by atoms with Crippen LogP contribution in [0.1, 0.15) is 0 Å². The summed E-state index contributed by atoms with van der Waals surface area (Å²) in [5.41, 5.74) is 4.79. The van der Waals surface area contributed by atoms with Crippen LogP contribution in [0.15, 0.2) is 28.0 Å². The van der Waals surface area contributed by atoms with Gasteiger partial charge in [0.25, 0.3) is 0 Å². The second-order valence-electron chi connectivity index (χ2n) is 4.05. The summed E-state index contributed by atoms with van der Waals surface area (Å²) in [5, 5.41) is 2.14. The molecule has 118 valence electrons. The van der Waals surface area contributed by atoms with Gasteiger partial charge in [0.2, 0.25) is 10.0 Å². The Bertz CT molecular complexity index is 746. The van der Waals surface area contributed by atoms with E-state index in [0.29, 0.717) is 0 Å². The Morgan fingerprint density at radius 1 is 1.24 bits per heavy atom. The number of sulfone groups is 1. The van der Waals surface area contributed by atoms with Gasteiger partial charge in [-0.1, -0.05) is 0 Å². The lowest BCUT2D eigenvalue weighted by Gasteiger charge is -2.09. The maximum atomic E-state index is 13.6. The summed E-state index contributed by atoms with van der Waals surface area (Å²) in [4.78, 5) is 9.30. The highest BCUT2D eigenvalue weighted by Crippen LogP contribution is 2.19. The number of hydrogen-bond donors (Lipinski definition) is 3. The predicted octanol–water partition coefficient (Wildman–Crippen LogP) is -0.824. The summed E-state index contributed by atoms with van der Waals surface area (Å²) in [5.74, 6) is -1.09. The smallest absolute Gasteiger partial charge is 0.312 e. The van der Waals surface area contributed by atoms with Crippen molar-refractivity contribution in [2.75, 3.05) is 19.3 Å². The monoisotopic (exact) mass is 339 g/mol. The van der Waals surface area contributed by atoms with E-state index in [1.165, 1.54) is 0 Å². The van der Waals surface area contributed by atoms with Crippen LogP contribution in [-0.2, 0) is 19.9 Å². The van der Waals surface area contributed by atoms with E-state index in [4.69, 9.17) is 5.73 Å². The van der Waals surface area contributed by atoms with Crippen molar-refractivity contribution >= 4 is 25.9 Å². The molecule has 0 aliphatic rings. The molecule has 0 saturated heterocycles. The fourth-order valence-corrected chi connectivity index (χ4v) is 3.22. The van der Waals surface area contributed by atoms with Crippen LogP contribution < -0.4 is 15.8 Å². The number of amides is 2. The molecule has 0 fully saturated rings. The van der Waals surface area contributed by atoms with Gasteiger partial charge in [-0.15, -0.1) is 0 Å². The van der Waals surface area contributed by atoms with E-state index >= 15 is 0 Å². The zero-order valence-corrected chi connectivity index (χ0v) is 12.6. The van der Waals surface area contributed by atoms with E-state index in [-0.39, 0.29) is 18.0 Å². The zero-order valence-electron chi connectivity index (χ0n) is 11.0. The van der Waals surface area contributed by atoms with Crippen molar-refractivity contribution in [3.63, 3.8) is 0 Å². The molecule has 2 amide bonds. The van der Waals surface area contributed by atoms with Gasteiger partial charge in [-0.05, 0) is 18.2 Å². The summed E-state index contributed by atoms with van der Waals surface area (Å²) >= 11 is 0. The summed E-state index contributed by atoms with van der Waals surface area (Å²) in [6, 6.07) is 1.62. The van der Waals surface area contributed by atoms with Gasteiger partial charge in [0.1, 0.15) is 10.7 Å². The first kappa shape index (κ1) is 17.3. The van der Waals surface area contributed by atoms with Crippen LogP contribution in [0.5, 0.6) is 0 Å². The normalized spacial score (nSPS) is 12.1. The van der Waals surface area contributed by atoms with Gasteiger partial charge < -0.3 is 11.1 Å². The Balaban J connectivity index is 3.00. The minimum atomic E-state index is -4.25. The van der Waals surface area contributed by atoms with E-state index in [1.54, 1.807) is 0 Å². The molecule has 0 aromatic heterocycles. The lowest BCUT2D eigenvalue weighted by molar-refractivity contribution is 0.249. The van der Waals surface area contributed by atoms with E-state index in [1.807, 2.05) is 4.72 Å². The number of urea groups is 1. The van der Waals surface area contributed by atoms with Crippen LogP contribution in [0.4, 0.5) is 9.18 Å². The Morgan fingerprint density at radius 2 is 1.86 bits per heavy atom. The Hall–Kier alpha value is -1.72.